The van der Waals surface area contributed by atoms with E-state index in [1.54, 1.807) is 6.07 Å². The first-order chi connectivity index (χ1) is 7.29. The molecule has 0 aromatic carbocycles. The van der Waals surface area contributed by atoms with E-state index in [9.17, 15) is 0 Å². The van der Waals surface area contributed by atoms with Crippen molar-refractivity contribution in [3.63, 3.8) is 0 Å². The van der Waals surface area contributed by atoms with Crippen LogP contribution in [0, 0.1) is 0 Å². The van der Waals surface area contributed by atoms with E-state index in [0.717, 1.165) is 18.7 Å². The molecular weight excluding hydrogens is 190 g/mol. The number of anilines is 1. The van der Waals surface area contributed by atoms with Crippen LogP contribution in [0.15, 0.2) is 18.2 Å². The van der Waals surface area contributed by atoms with E-state index in [4.69, 9.17) is 10.5 Å². The highest BCUT2D eigenvalue weighted by Gasteiger charge is 2.27. The van der Waals surface area contributed by atoms with E-state index in [1.807, 2.05) is 19.1 Å². The van der Waals surface area contributed by atoms with E-state index < -0.39 is 0 Å². The molecule has 0 unspecified atom stereocenters. The van der Waals surface area contributed by atoms with E-state index in [-0.39, 0.29) is 0 Å². The Labute approximate surface area is 89.2 Å². The van der Waals surface area contributed by atoms with Gasteiger partial charge in [-0.3, -0.25) is 0 Å². The van der Waals surface area contributed by atoms with Gasteiger partial charge in [0.2, 0.25) is 5.88 Å². The molecule has 0 bridgehead atoms. The highest BCUT2D eigenvalue weighted by Crippen LogP contribution is 2.38. The molecule has 1 heterocycles. The van der Waals surface area contributed by atoms with Crippen LogP contribution in [0.2, 0.25) is 0 Å². The number of hydrogen-bond acceptors (Lipinski definition) is 4. The van der Waals surface area contributed by atoms with Crippen molar-refractivity contribution in [3.8, 4) is 5.88 Å². The summed E-state index contributed by atoms with van der Waals surface area (Å²) in [4.78, 5) is 8.51. The first kappa shape index (κ1) is 9.96. The van der Waals surface area contributed by atoms with Gasteiger partial charge < -0.3 is 10.5 Å². The summed E-state index contributed by atoms with van der Waals surface area (Å²) < 4.78 is 5.43. The zero-order chi connectivity index (χ0) is 10.7. The third kappa shape index (κ3) is 2.68. The average molecular weight is 205 g/mol. The minimum absolute atomic E-state index is 0.488. The Morgan fingerprint density at radius 2 is 2.33 bits per heavy atom. The third-order valence-corrected chi connectivity index (χ3v) is 2.25. The summed E-state index contributed by atoms with van der Waals surface area (Å²) in [5, 5.41) is 0. The molecule has 1 aliphatic rings. The van der Waals surface area contributed by atoms with Gasteiger partial charge in [-0.1, -0.05) is 12.2 Å². The van der Waals surface area contributed by atoms with Gasteiger partial charge in [-0.15, -0.1) is 0 Å². The molecule has 0 atom stereocenters. The van der Waals surface area contributed by atoms with Crippen molar-refractivity contribution >= 4 is 5.82 Å². The fraction of sp³-hybridized carbons (Fsp3) is 0.455. The first-order valence-electron chi connectivity index (χ1n) is 5.18. The number of ether oxygens (including phenoxy) is 1. The Balaban J connectivity index is 2.08. The predicted molar refractivity (Wildman–Crippen MR) is 58.7 cm³/mol. The highest BCUT2D eigenvalue weighted by atomic mass is 16.5. The largest absolute Gasteiger partial charge is 0.473 e. The number of nitrogen functional groups attached to an aromatic ring is 1. The normalized spacial score (nSPS) is 15.8. The van der Waals surface area contributed by atoms with Crippen molar-refractivity contribution in [1.82, 2.24) is 9.97 Å². The molecule has 0 spiro atoms. The van der Waals surface area contributed by atoms with Crippen LogP contribution < -0.4 is 10.5 Å². The van der Waals surface area contributed by atoms with Gasteiger partial charge in [0.05, 0.1) is 0 Å². The van der Waals surface area contributed by atoms with E-state index in [0.29, 0.717) is 24.2 Å². The second kappa shape index (κ2) is 4.29. The molecule has 80 valence electrons. The Morgan fingerprint density at radius 3 is 3.00 bits per heavy atom. The molecular formula is C11H15N3O. The molecule has 1 fully saturated rings. The van der Waals surface area contributed by atoms with Crippen LogP contribution in [-0.4, -0.2) is 16.6 Å². The Bertz CT molecular complexity index is 372. The molecule has 4 nitrogen and oxygen atoms in total. The maximum Gasteiger partial charge on any atom is 0.219 e. The summed E-state index contributed by atoms with van der Waals surface area (Å²) in [5.74, 6) is 2.38. The average Bonchev–Trinajstić information content (AvgIpc) is 3.00. The molecule has 0 radical (unpaired) electrons. The van der Waals surface area contributed by atoms with Crippen molar-refractivity contribution in [2.24, 2.45) is 0 Å². The fourth-order valence-corrected chi connectivity index (χ4v) is 1.29. The second-order valence-corrected chi connectivity index (χ2v) is 3.64. The van der Waals surface area contributed by atoms with Crippen LogP contribution in [0.1, 0.15) is 31.5 Å². The first-order valence-corrected chi connectivity index (χ1v) is 5.18. The van der Waals surface area contributed by atoms with Gasteiger partial charge in [-0.05, 0) is 19.8 Å². The van der Waals surface area contributed by atoms with Gasteiger partial charge in [-0.25, -0.2) is 4.98 Å². The van der Waals surface area contributed by atoms with E-state index >= 15 is 0 Å². The smallest absolute Gasteiger partial charge is 0.219 e. The summed E-state index contributed by atoms with van der Waals surface area (Å²) in [6.45, 7) is 2.48. The molecule has 15 heavy (non-hydrogen) atoms. The standard InChI is InChI=1S/C11H15N3O/c1-2-3-6-15-10-7-9(12)13-11(14-10)8-4-5-8/h2-3,7-8H,4-6H2,1H3,(H2,12,13,14)/b3-2+. The van der Waals surface area contributed by atoms with Gasteiger partial charge in [0.25, 0.3) is 0 Å². The fourth-order valence-electron chi connectivity index (χ4n) is 1.29. The monoisotopic (exact) mass is 205 g/mol. The quantitative estimate of drug-likeness (QED) is 0.762. The lowest BCUT2D eigenvalue weighted by Gasteiger charge is -2.05. The van der Waals surface area contributed by atoms with Crippen LogP contribution in [0.3, 0.4) is 0 Å². The number of rotatable bonds is 4. The second-order valence-electron chi connectivity index (χ2n) is 3.64. The lowest BCUT2D eigenvalue weighted by molar-refractivity contribution is 0.346. The lowest BCUT2D eigenvalue weighted by atomic mass is 10.4. The molecule has 0 amide bonds. The number of hydrogen-bond donors (Lipinski definition) is 1. The summed E-state index contributed by atoms with van der Waals surface area (Å²) in [6, 6.07) is 1.66. The topological polar surface area (TPSA) is 61.0 Å². The van der Waals surface area contributed by atoms with Crippen LogP contribution in [0.25, 0.3) is 0 Å². The number of nitrogens with zero attached hydrogens (tertiary/aromatic N) is 2. The molecule has 0 saturated heterocycles. The predicted octanol–water partition coefficient (Wildman–Crippen LogP) is 1.89. The van der Waals surface area contributed by atoms with E-state index in [1.165, 1.54) is 0 Å². The highest BCUT2D eigenvalue weighted by molar-refractivity contribution is 5.34. The molecule has 0 aliphatic heterocycles. The maximum absolute atomic E-state index is 5.68. The summed E-state index contributed by atoms with van der Waals surface area (Å²) >= 11 is 0. The Morgan fingerprint density at radius 1 is 1.53 bits per heavy atom. The zero-order valence-corrected chi connectivity index (χ0v) is 8.81. The van der Waals surface area contributed by atoms with Crippen molar-refractivity contribution in [1.29, 1.82) is 0 Å². The maximum atomic E-state index is 5.68. The minimum Gasteiger partial charge on any atom is -0.473 e. The van der Waals surface area contributed by atoms with Crippen LogP contribution in [0.4, 0.5) is 5.82 Å². The van der Waals surface area contributed by atoms with Crippen molar-refractivity contribution in [2.75, 3.05) is 12.3 Å². The van der Waals surface area contributed by atoms with Gasteiger partial charge >= 0.3 is 0 Å². The molecule has 1 aliphatic carbocycles. The Hall–Kier alpha value is -1.58. The zero-order valence-electron chi connectivity index (χ0n) is 8.81. The molecule has 1 aromatic heterocycles. The van der Waals surface area contributed by atoms with Gasteiger partial charge in [0.1, 0.15) is 18.2 Å². The SMILES string of the molecule is C/C=C/COc1cc(N)nc(C2CC2)n1. The molecule has 2 rings (SSSR count). The molecule has 1 saturated carbocycles. The summed E-state index contributed by atoms with van der Waals surface area (Å²) in [5.41, 5.74) is 5.68. The van der Waals surface area contributed by atoms with Crippen LogP contribution >= 0.6 is 0 Å². The molecule has 4 heteroatoms. The van der Waals surface area contributed by atoms with Crippen LogP contribution in [-0.2, 0) is 0 Å². The minimum atomic E-state index is 0.488. The Kier molecular flexibility index (Phi) is 2.85. The number of aromatic nitrogens is 2. The summed E-state index contributed by atoms with van der Waals surface area (Å²) in [6.07, 6.45) is 6.19. The lowest BCUT2D eigenvalue weighted by Crippen LogP contribution is -2.03. The van der Waals surface area contributed by atoms with E-state index in [2.05, 4.69) is 9.97 Å². The van der Waals surface area contributed by atoms with Crippen molar-refractivity contribution in [2.45, 2.75) is 25.7 Å². The van der Waals surface area contributed by atoms with Crippen molar-refractivity contribution < 1.29 is 4.74 Å². The van der Waals surface area contributed by atoms with Gasteiger partial charge in [0, 0.05) is 12.0 Å². The van der Waals surface area contributed by atoms with Crippen molar-refractivity contribution in [3.05, 3.63) is 24.0 Å². The molecule has 2 N–H and O–H groups in total. The van der Waals surface area contributed by atoms with Crippen LogP contribution in [0.5, 0.6) is 5.88 Å². The third-order valence-electron chi connectivity index (χ3n) is 2.25. The van der Waals surface area contributed by atoms with Gasteiger partial charge in [0.15, 0.2) is 0 Å². The summed E-state index contributed by atoms with van der Waals surface area (Å²) in [7, 11) is 0. The number of nitrogens with two attached hydrogens (primary N) is 1. The number of allylic oxidation sites excluding steroid dienone is 1. The van der Waals surface area contributed by atoms with Gasteiger partial charge in [-0.2, -0.15) is 4.98 Å². The molecule has 1 aromatic rings.